The Kier molecular flexibility index (Phi) is 8.90. The number of fused-ring (bicyclic) bond motifs is 11. The maximum atomic E-state index is 13.4. The van der Waals surface area contributed by atoms with Gasteiger partial charge in [-0.3, -0.25) is 4.79 Å². The summed E-state index contributed by atoms with van der Waals surface area (Å²) in [5.41, 5.74) is 0.943. The van der Waals surface area contributed by atoms with Gasteiger partial charge in [0.05, 0.1) is 6.61 Å². The molecule has 180 valence electrons. The third-order valence-corrected chi connectivity index (χ3v) is 7.36. The van der Waals surface area contributed by atoms with Gasteiger partial charge in [0.25, 0.3) is 16.1 Å². The third-order valence-electron chi connectivity index (χ3n) is 5.54. The fourth-order valence-electron chi connectivity index (χ4n) is 3.65. The lowest BCUT2D eigenvalue weighted by molar-refractivity contribution is -0.118. The molecule has 3 heterocycles. The van der Waals surface area contributed by atoms with Crippen molar-refractivity contribution in [3.8, 4) is 0 Å². The predicted octanol–water partition coefficient (Wildman–Crippen LogP) is 2.37. The molecule has 4 rings (SSSR count). The van der Waals surface area contributed by atoms with Crippen LogP contribution in [0.1, 0.15) is 19.3 Å². The highest BCUT2D eigenvalue weighted by Crippen LogP contribution is 2.23. The summed E-state index contributed by atoms with van der Waals surface area (Å²) in [4.78, 5) is 16.7. The van der Waals surface area contributed by atoms with Gasteiger partial charge in [-0.25, -0.2) is 0 Å². The molecule has 0 saturated carbocycles. The van der Waals surface area contributed by atoms with Gasteiger partial charge in [-0.2, -0.15) is 17.4 Å². The molecule has 0 spiro atoms. The van der Waals surface area contributed by atoms with E-state index in [4.69, 9.17) is 21.7 Å². The average molecular weight is 496 g/mol. The van der Waals surface area contributed by atoms with E-state index in [9.17, 15) is 13.2 Å². The number of benzene rings is 1. The minimum Gasteiger partial charge on any atom is -0.486 e. The minimum absolute atomic E-state index is 0.0737. The number of piperazine rings is 1. The molecule has 0 aromatic heterocycles. The predicted molar refractivity (Wildman–Crippen MR) is 130 cm³/mol. The van der Waals surface area contributed by atoms with E-state index < -0.39 is 16.1 Å². The van der Waals surface area contributed by atoms with Crippen molar-refractivity contribution in [2.45, 2.75) is 19.3 Å². The number of carbonyl (C=O) groups excluding carboxylic acids is 1. The molecule has 1 fully saturated rings. The smallest absolute Gasteiger partial charge is 0.295 e. The molecular weight excluding hydrogens is 466 g/mol. The quantitative estimate of drug-likeness (QED) is 0.494. The van der Waals surface area contributed by atoms with Crippen molar-refractivity contribution in [2.24, 2.45) is 0 Å². The lowest BCUT2D eigenvalue weighted by atomic mass is 10.2. The second kappa shape index (κ2) is 11.6. The standard InChI is InChI=1S/C22H30ClN5O4S/c1-26(19-9-7-8-18(23)16-19)22(29)21-20(17-24)27-11-13-28(14-12-27)33(30,31)25-10-5-3-2-4-6-15-32-21/h3,5,7-9,16-17,24-25H,2,4,6,10-15H2,1H3/b5-3+,21-20-,24-17?. The van der Waals surface area contributed by atoms with Crippen LogP contribution in [0.5, 0.6) is 0 Å². The van der Waals surface area contributed by atoms with Crippen molar-refractivity contribution < 1.29 is 17.9 Å². The molecule has 0 radical (unpaired) electrons. The molecule has 1 aromatic rings. The molecule has 2 N–H and O–H groups in total. The summed E-state index contributed by atoms with van der Waals surface area (Å²) in [7, 11) is -1.96. The zero-order valence-corrected chi connectivity index (χ0v) is 20.2. The van der Waals surface area contributed by atoms with Crippen LogP contribution in [0, 0.1) is 5.41 Å². The van der Waals surface area contributed by atoms with Crippen molar-refractivity contribution >= 4 is 39.6 Å². The Hall–Kier alpha value is -2.40. The van der Waals surface area contributed by atoms with Gasteiger partial charge >= 0.3 is 0 Å². The third kappa shape index (κ3) is 6.57. The molecule has 3 aliphatic heterocycles. The maximum Gasteiger partial charge on any atom is 0.295 e. The van der Waals surface area contributed by atoms with E-state index in [-0.39, 0.29) is 25.4 Å². The topological polar surface area (TPSA) is 106 Å². The van der Waals surface area contributed by atoms with Gasteiger partial charge in [0, 0.05) is 56.7 Å². The molecule has 1 aromatic carbocycles. The van der Waals surface area contributed by atoms with Crippen LogP contribution >= 0.6 is 11.6 Å². The second-order valence-electron chi connectivity index (χ2n) is 7.76. The van der Waals surface area contributed by atoms with Crippen LogP contribution in [0.3, 0.4) is 0 Å². The summed E-state index contributed by atoms with van der Waals surface area (Å²) in [5.74, 6) is -0.321. The lowest BCUT2D eigenvalue weighted by Crippen LogP contribution is -2.52. The normalized spacial score (nSPS) is 23.5. The number of carbonyl (C=O) groups is 1. The lowest BCUT2D eigenvalue weighted by Gasteiger charge is -2.36. The Morgan fingerprint density at radius 3 is 2.67 bits per heavy atom. The summed E-state index contributed by atoms with van der Waals surface area (Å²) in [6, 6.07) is 6.94. The summed E-state index contributed by atoms with van der Waals surface area (Å²) < 4.78 is 35.1. The van der Waals surface area contributed by atoms with Gasteiger partial charge in [-0.05, 0) is 37.5 Å². The summed E-state index contributed by atoms with van der Waals surface area (Å²) in [6.07, 6.45) is 7.16. The van der Waals surface area contributed by atoms with Gasteiger partial charge in [0.1, 0.15) is 5.70 Å². The highest BCUT2D eigenvalue weighted by atomic mass is 35.5. The molecule has 33 heavy (non-hydrogen) atoms. The Balaban J connectivity index is 1.91. The van der Waals surface area contributed by atoms with Crippen molar-refractivity contribution in [1.82, 2.24) is 13.9 Å². The molecule has 0 atom stereocenters. The molecule has 3 aliphatic rings. The summed E-state index contributed by atoms with van der Waals surface area (Å²) in [6.45, 7) is 1.73. The van der Waals surface area contributed by atoms with Crippen LogP contribution in [-0.4, -0.2) is 76.1 Å². The Morgan fingerprint density at radius 2 is 1.97 bits per heavy atom. The Labute approximate surface area is 200 Å². The largest absolute Gasteiger partial charge is 0.486 e. The van der Waals surface area contributed by atoms with Crippen molar-refractivity contribution in [3.05, 3.63) is 52.9 Å². The summed E-state index contributed by atoms with van der Waals surface area (Å²) in [5, 5.41) is 8.52. The molecule has 0 aliphatic carbocycles. The maximum absolute atomic E-state index is 13.4. The molecule has 9 nitrogen and oxygen atoms in total. The Morgan fingerprint density at radius 1 is 1.21 bits per heavy atom. The zero-order valence-electron chi connectivity index (χ0n) is 18.7. The zero-order chi connectivity index (χ0) is 23.8. The van der Waals surface area contributed by atoms with Crippen LogP contribution < -0.4 is 9.62 Å². The van der Waals surface area contributed by atoms with E-state index >= 15 is 0 Å². The molecule has 11 heteroatoms. The highest BCUT2D eigenvalue weighted by Gasteiger charge is 2.30. The number of hydrogen-bond donors (Lipinski definition) is 2. The number of nitrogens with zero attached hydrogens (tertiary/aromatic N) is 3. The van der Waals surface area contributed by atoms with Crippen molar-refractivity contribution in [1.29, 1.82) is 5.41 Å². The van der Waals surface area contributed by atoms with Crippen molar-refractivity contribution in [3.63, 3.8) is 0 Å². The van der Waals surface area contributed by atoms with Gasteiger partial charge in [0.2, 0.25) is 5.76 Å². The molecular formula is C22H30ClN5O4S. The number of nitrogens with one attached hydrogen (secondary N) is 2. The van der Waals surface area contributed by atoms with Gasteiger partial charge in [-0.1, -0.05) is 29.8 Å². The number of ether oxygens (including phenoxy) is 1. The number of anilines is 1. The van der Waals surface area contributed by atoms with Gasteiger partial charge < -0.3 is 19.9 Å². The number of hydrogen-bond acceptors (Lipinski definition) is 6. The monoisotopic (exact) mass is 495 g/mol. The molecule has 2 bridgehead atoms. The van der Waals surface area contributed by atoms with E-state index in [2.05, 4.69) is 4.72 Å². The molecule has 1 saturated heterocycles. The van der Waals surface area contributed by atoms with E-state index in [0.29, 0.717) is 42.5 Å². The molecule has 1 amide bonds. The Bertz CT molecular complexity index is 1020. The van der Waals surface area contributed by atoms with Crippen molar-refractivity contribution in [2.75, 3.05) is 51.3 Å². The van der Waals surface area contributed by atoms with Crippen LogP contribution in [0.2, 0.25) is 5.02 Å². The van der Waals surface area contributed by atoms with E-state index in [1.165, 1.54) is 9.21 Å². The highest BCUT2D eigenvalue weighted by molar-refractivity contribution is 7.87. The van der Waals surface area contributed by atoms with E-state index in [1.807, 2.05) is 17.1 Å². The molecule has 0 unspecified atom stereocenters. The fourth-order valence-corrected chi connectivity index (χ4v) is 4.97. The average Bonchev–Trinajstić information content (AvgIpc) is 2.81. The number of allylic oxidation sites excluding steroid dienone is 2. The van der Waals surface area contributed by atoms with Crippen LogP contribution in [-0.2, 0) is 19.7 Å². The number of likely N-dealkylation sites (N-methyl/N-ethyl adjacent to an activating group) is 1. The minimum atomic E-state index is -3.59. The van der Waals surface area contributed by atoms with Crippen LogP contribution in [0.4, 0.5) is 5.69 Å². The first-order valence-electron chi connectivity index (χ1n) is 10.9. The first-order valence-corrected chi connectivity index (χ1v) is 12.7. The fraction of sp³-hybridized carbons (Fsp3) is 0.455. The SMILES string of the molecule is CN(C(=O)/C1=C(\C=N)N2CCN(CC2)S(=O)(=O)NC/C=C/CCCCO1)c1cccc(Cl)c1. The summed E-state index contributed by atoms with van der Waals surface area (Å²) >= 11 is 6.09. The van der Waals surface area contributed by atoms with Crippen LogP contribution in [0.25, 0.3) is 0 Å². The second-order valence-corrected chi connectivity index (χ2v) is 9.95. The first kappa shape index (κ1) is 25.2. The van der Waals surface area contributed by atoms with E-state index in [1.54, 1.807) is 31.3 Å². The van der Waals surface area contributed by atoms with Gasteiger partial charge in [0.15, 0.2) is 0 Å². The number of amides is 1. The van der Waals surface area contributed by atoms with Gasteiger partial charge in [-0.15, -0.1) is 0 Å². The van der Waals surface area contributed by atoms with E-state index in [0.717, 1.165) is 19.1 Å². The number of rotatable bonds is 3. The van der Waals surface area contributed by atoms with Crippen LogP contribution in [0.15, 0.2) is 47.9 Å². The number of halogens is 1. The first-order chi connectivity index (χ1) is 15.8.